The highest BCUT2D eigenvalue weighted by atomic mass is 15.2. The summed E-state index contributed by atoms with van der Waals surface area (Å²) < 4.78 is 0. The smallest absolute Gasteiger partial charge is 0.0331 e. The first-order valence-corrected chi connectivity index (χ1v) is 8.17. The number of rotatable bonds is 9. The second kappa shape index (κ2) is 8.16. The van der Waals surface area contributed by atoms with Crippen LogP contribution in [0.2, 0.25) is 0 Å². The summed E-state index contributed by atoms with van der Waals surface area (Å²) in [5.41, 5.74) is 6.46. The summed E-state index contributed by atoms with van der Waals surface area (Å²) in [4.78, 5) is 2.71. The van der Waals surface area contributed by atoms with E-state index in [4.69, 9.17) is 5.73 Å². The van der Waals surface area contributed by atoms with E-state index in [0.717, 1.165) is 12.5 Å². The third kappa shape index (κ3) is 3.96. The van der Waals surface area contributed by atoms with E-state index in [2.05, 4.69) is 25.7 Å². The maximum atomic E-state index is 6.12. The number of hydrogen-bond donors (Lipinski definition) is 1. The van der Waals surface area contributed by atoms with E-state index in [1.807, 2.05) is 0 Å². The quantitative estimate of drug-likeness (QED) is 0.678. The number of nitrogens with two attached hydrogens (primary N) is 1. The van der Waals surface area contributed by atoms with E-state index < -0.39 is 0 Å². The van der Waals surface area contributed by atoms with Gasteiger partial charge in [0.2, 0.25) is 0 Å². The Hall–Kier alpha value is -0.0800. The van der Waals surface area contributed by atoms with Crippen LogP contribution >= 0.6 is 0 Å². The average molecular weight is 254 g/mol. The second-order valence-electron chi connectivity index (χ2n) is 6.09. The first-order chi connectivity index (χ1) is 8.72. The van der Waals surface area contributed by atoms with Crippen molar-refractivity contribution in [1.82, 2.24) is 4.90 Å². The highest BCUT2D eigenvalue weighted by molar-refractivity contribution is 4.96. The van der Waals surface area contributed by atoms with Crippen LogP contribution in [0.4, 0.5) is 0 Å². The van der Waals surface area contributed by atoms with Crippen LogP contribution in [-0.4, -0.2) is 30.1 Å². The maximum Gasteiger partial charge on any atom is 0.0331 e. The van der Waals surface area contributed by atoms with Crippen LogP contribution in [0.3, 0.4) is 0 Å². The highest BCUT2D eigenvalue weighted by Crippen LogP contribution is 2.35. The Kier molecular flexibility index (Phi) is 7.25. The van der Waals surface area contributed by atoms with Gasteiger partial charge in [0.1, 0.15) is 0 Å². The predicted molar refractivity (Wildman–Crippen MR) is 80.8 cm³/mol. The number of unbranched alkanes of at least 4 members (excludes halogenated alkanes) is 1. The Morgan fingerprint density at radius 1 is 1.17 bits per heavy atom. The number of nitrogens with zero attached hydrogens (tertiary/aromatic N) is 1. The van der Waals surface area contributed by atoms with Gasteiger partial charge in [0.25, 0.3) is 0 Å². The van der Waals surface area contributed by atoms with Crippen molar-refractivity contribution in [2.75, 3.05) is 19.6 Å². The van der Waals surface area contributed by atoms with Crippen LogP contribution in [0.15, 0.2) is 0 Å². The summed E-state index contributed by atoms with van der Waals surface area (Å²) in [7, 11) is 0. The van der Waals surface area contributed by atoms with Crippen molar-refractivity contribution in [3.8, 4) is 0 Å². The maximum absolute atomic E-state index is 6.12. The zero-order valence-corrected chi connectivity index (χ0v) is 12.9. The Morgan fingerprint density at radius 3 is 2.28 bits per heavy atom. The minimum absolute atomic E-state index is 0.342. The lowest BCUT2D eigenvalue weighted by Gasteiger charge is -2.42. The molecule has 0 aromatic rings. The van der Waals surface area contributed by atoms with Crippen molar-refractivity contribution in [2.45, 2.75) is 77.7 Å². The molecule has 18 heavy (non-hydrogen) atoms. The van der Waals surface area contributed by atoms with Gasteiger partial charge in [0.15, 0.2) is 0 Å². The van der Waals surface area contributed by atoms with Crippen molar-refractivity contribution < 1.29 is 0 Å². The molecular weight excluding hydrogens is 220 g/mol. The third-order valence-electron chi connectivity index (χ3n) is 4.99. The first-order valence-electron chi connectivity index (χ1n) is 8.17. The summed E-state index contributed by atoms with van der Waals surface area (Å²) in [5.74, 6) is 0.869. The highest BCUT2D eigenvalue weighted by Gasteiger charge is 2.37. The molecule has 108 valence electrons. The van der Waals surface area contributed by atoms with Crippen molar-refractivity contribution >= 4 is 0 Å². The van der Waals surface area contributed by atoms with Gasteiger partial charge in [-0.15, -0.1) is 0 Å². The molecule has 0 aliphatic heterocycles. The molecule has 0 amide bonds. The molecule has 1 unspecified atom stereocenters. The van der Waals surface area contributed by atoms with E-state index in [9.17, 15) is 0 Å². The van der Waals surface area contributed by atoms with Crippen molar-refractivity contribution in [2.24, 2.45) is 11.7 Å². The molecule has 2 heteroatoms. The SMILES string of the molecule is CCCCC(CC)CN(CC)C1(CN)CCCC1. The number of hydrogen-bond acceptors (Lipinski definition) is 2. The zero-order chi connectivity index (χ0) is 13.4. The third-order valence-corrected chi connectivity index (χ3v) is 4.99. The first kappa shape index (κ1) is 16.0. The molecule has 1 aliphatic carbocycles. The summed E-state index contributed by atoms with van der Waals surface area (Å²) in [6.45, 7) is 10.2. The van der Waals surface area contributed by atoms with Crippen molar-refractivity contribution in [1.29, 1.82) is 0 Å². The lowest BCUT2D eigenvalue weighted by atomic mass is 9.91. The van der Waals surface area contributed by atoms with Gasteiger partial charge in [-0.05, 0) is 31.7 Å². The van der Waals surface area contributed by atoms with Gasteiger partial charge in [0.05, 0.1) is 0 Å². The second-order valence-corrected chi connectivity index (χ2v) is 6.09. The lowest BCUT2D eigenvalue weighted by molar-refractivity contribution is 0.0824. The summed E-state index contributed by atoms with van der Waals surface area (Å²) in [5, 5.41) is 0. The van der Waals surface area contributed by atoms with E-state index in [-0.39, 0.29) is 0 Å². The summed E-state index contributed by atoms with van der Waals surface area (Å²) in [6.07, 6.45) is 10.8. The molecule has 2 nitrogen and oxygen atoms in total. The van der Waals surface area contributed by atoms with Gasteiger partial charge in [0, 0.05) is 18.6 Å². The van der Waals surface area contributed by atoms with Crippen LogP contribution < -0.4 is 5.73 Å². The van der Waals surface area contributed by atoms with Gasteiger partial charge in [-0.3, -0.25) is 4.90 Å². The van der Waals surface area contributed by atoms with Gasteiger partial charge in [-0.2, -0.15) is 0 Å². The molecule has 0 spiro atoms. The minimum atomic E-state index is 0.342. The lowest BCUT2D eigenvalue weighted by Crippen LogP contribution is -2.53. The Balaban J connectivity index is 2.58. The molecule has 0 bridgehead atoms. The average Bonchev–Trinajstić information content (AvgIpc) is 2.89. The molecule has 1 fully saturated rings. The van der Waals surface area contributed by atoms with Crippen LogP contribution in [0.25, 0.3) is 0 Å². The monoisotopic (exact) mass is 254 g/mol. The van der Waals surface area contributed by atoms with Crippen molar-refractivity contribution in [3.05, 3.63) is 0 Å². The molecule has 2 N–H and O–H groups in total. The van der Waals surface area contributed by atoms with Gasteiger partial charge >= 0.3 is 0 Å². The van der Waals surface area contributed by atoms with E-state index >= 15 is 0 Å². The van der Waals surface area contributed by atoms with E-state index in [1.54, 1.807) is 0 Å². The molecule has 1 aliphatic rings. The van der Waals surface area contributed by atoms with Crippen LogP contribution in [0, 0.1) is 5.92 Å². The minimum Gasteiger partial charge on any atom is -0.329 e. The van der Waals surface area contributed by atoms with E-state index in [1.165, 1.54) is 64.5 Å². The van der Waals surface area contributed by atoms with Gasteiger partial charge in [-0.25, -0.2) is 0 Å². The molecule has 0 aromatic carbocycles. The van der Waals surface area contributed by atoms with E-state index in [0.29, 0.717) is 5.54 Å². The van der Waals surface area contributed by atoms with Gasteiger partial charge < -0.3 is 5.73 Å². The fourth-order valence-electron chi connectivity index (χ4n) is 3.57. The van der Waals surface area contributed by atoms with Crippen molar-refractivity contribution in [3.63, 3.8) is 0 Å². The fourth-order valence-corrected chi connectivity index (χ4v) is 3.57. The van der Waals surface area contributed by atoms with Crippen LogP contribution in [-0.2, 0) is 0 Å². The Bertz CT molecular complexity index is 209. The topological polar surface area (TPSA) is 29.3 Å². The van der Waals surface area contributed by atoms with Crippen LogP contribution in [0.5, 0.6) is 0 Å². The molecular formula is C16H34N2. The zero-order valence-electron chi connectivity index (χ0n) is 12.9. The molecule has 0 radical (unpaired) electrons. The molecule has 1 saturated carbocycles. The Morgan fingerprint density at radius 2 is 1.83 bits per heavy atom. The standard InChI is InChI=1S/C16H34N2/c1-4-7-10-15(5-2)13-18(6-3)16(14-17)11-8-9-12-16/h15H,4-14,17H2,1-3H3. The largest absolute Gasteiger partial charge is 0.329 e. The summed E-state index contributed by atoms with van der Waals surface area (Å²) >= 11 is 0. The molecule has 0 aromatic heterocycles. The molecule has 1 rings (SSSR count). The fraction of sp³-hybridized carbons (Fsp3) is 1.00. The van der Waals surface area contributed by atoms with Gasteiger partial charge in [-0.1, -0.05) is 52.9 Å². The normalized spacial score (nSPS) is 20.5. The Labute approximate surface area is 114 Å². The molecule has 1 atom stereocenters. The van der Waals surface area contributed by atoms with Crippen LogP contribution in [0.1, 0.15) is 72.1 Å². The summed E-state index contributed by atoms with van der Waals surface area (Å²) in [6, 6.07) is 0. The molecule has 0 saturated heterocycles. The number of likely N-dealkylation sites (N-methyl/N-ethyl adjacent to an activating group) is 1. The molecule has 0 heterocycles. The predicted octanol–water partition coefficient (Wildman–Crippen LogP) is 3.80.